The van der Waals surface area contributed by atoms with Gasteiger partial charge in [0.05, 0.1) is 0 Å². The van der Waals surface area contributed by atoms with E-state index in [0.717, 1.165) is 16.8 Å². The second-order valence-corrected chi connectivity index (χ2v) is 11.4. The standard InChI is InChI=1S/C24H24IN4O3/c30-22(14-17-6-2-1-3-7-17)27-12-10-18(11-13-27)23(29(31)32)25-24-20-9-5-4-8-19(20)21-15-26-16-28(21)24/h1-9,15-16,18,23-24H,10-14H2/q-1/t23-,24-/m1/s1. The molecular weight excluding hydrogens is 519 g/mol. The molecule has 166 valence electrons. The fraction of sp³-hybridized carbons (Fsp3) is 0.333. The summed E-state index contributed by atoms with van der Waals surface area (Å²) >= 11 is -0.812. The molecule has 5 rings (SSSR count). The van der Waals surface area contributed by atoms with Crippen LogP contribution >= 0.6 is 0 Å². The van der Waals surface area contributed by atoms with E-state index in [9.17, 15) is 14.9 Å². The van der Waals surface area contributed by atoms with Crippen molar-refractivity contribution in [2.24, 2.45) is 5.92 Å². The summed E-state index contributed by atoms with van der Waals surface area (Å²) in [5.41, 5.74) is 4.37. The number of amides is 1. The maximum atomic E-state index is 12.7. The number of halogens is 1. The SMILES string of the molecule is O=C(Cc1ccccc1)N1CCC([C@H]([I-][C@H]2c3ccccc3-c3cncn32)[N+](=O)[O-])CC1. The van der Waals surface area contributed by atoms with Gasteiger partial charge < -0.3 is 0 Å². The molecule has 2 aromatic carbocycles. The van der Waals surface area contributed by atoms with Gasteiger partial charge in [0.1, 0.15) is 0 Å². The Morgan fingerprint density at radius 3 is 2.59 bits per heavy atom. The van der Waals surface area contributed by atoms with Crippen LogP contribution in [0.25, 0.3) is 11.3 Å². The number of alkyl halides is 2. The van der Waals surface area contributed by atoms with Gasteiger partial charge in [-0.1, -0.05) is 0 Å². The molecule has 1 amide bonds. The molecule has 2 atom stereocenters. The van der Waals surface area contributed by atoms with Crippen molar-refractivity contribution in [2.75, 3.05) is 13.1 Å². The first kappa shape index (κ1) is 21.1. The van der Waals surface area contributed by atoms with Crippen LogP contribution in [0.1, 0.15) is 28.0 Å². The fourth-order valence-electron chi connectivity index (χ4n) is 4.66. The van der Waals surface area contributed by atoms with Crippen molar-refractivity contribution < 1.29 is 30.9 Å². The summed E-state index contributed by atoms with van der Waals surface area (Å²) in [6, 6.07) is 17.9. The number of hydrogen-bond acceptors (Lipinski definition) is 4. The number of carbonyl (C=O) groups excluding carboxylic acids is 1. The van der Waals surface area contributed by atoms with Crippen LogP contribution in [0.3, 0.4) is 0 Å². The predicted molar refractivity (Wildman–Crippen MR) is 116 cm³/mol. The van der Waals surface area contributed by atoms with E-state index in [1.54, 1.807) is 0 Å². The Bertz CT molecular complexity index is 1130. The minimum atomic E-state index is -0.812. The van der Waals surface area contributed by atoms with Gasteiger partial charge in [0.25, 0.3) is 0 Å². The Morgan fingerprint density at radius 1 is 1.12 bits per heavy atom. The molecule has 0 radical (unpaired) electrons. The summed E-state index contributed by atoms with van der Waals surface area (Å²) in [6.45, 7) is 1.20. The van der Waals surface area contributed by atoms with Crippen LogP contribution in [-0.2, 0) is 11.2 Å². The van der Waals surface area contributed by atoms with E-state index < -0.39 is 25.3 Å². The molecular formula is C24H24IN4O3-. The summed E-state index contributed by atoms with van der Waals surface area (Å²) in [5, 5.41) is 12.1. The molecule has 2 aliphatic heterocycles. The van der Waals surface area contributed by atoms with Gasteiger partial charge in [-0.3, -0.25) is 0 Å². The molecule has 0 saturated carbocycles. The van der Waals surface area contributed by atoms with Crippen molar-refractivity contribution in [1.29, 1.82) is 0 Å². The molecule has 3 heterocycles. The quantitative estimate of drug-likeness (QED) is 0.150. The first-order valence-corrected chi connectivity index (χ1v) is 13.3. The second-order valence-electron chi connectivity index (χ2n) is 8.27. The number of benzene rings is 2. The van der Waals surface area contributed by atoms with E-state index in [0.29, 0.717) is 32.4 Å². The van der Waals surface area contributed by atoms with Crippen molar-refractivity contribution in [3.63, 3.8) is 0 Å². The summed E-state index contributed by atoms with van der Waals surface area (Å²) in [6.07, 6.45) is 5.43. The molecule has 0 bridgehead atoms. The summed E-state index contributed by atoms with van der Waals surface area (Å²) in [5.74, 6) is 0.119. The van der Waals surface area contributed by atoms with Crippen LogP contribution in [0.5, 0.6) is 0 Å². The number of carbonyl (C=O) groups is 1. The molecule has 8 heteroatoms. The van der Waals surface area contributed by atoms with E-state index in [2.05, 4.69) is 21.7 Å². The van der Waals surface area contributed by atoms with Crippen molar-refractivity contribution in [3.05, 3.63) is 88.4 Å². The Labute approximate surface area is 196 Å². The van der Waals surface area contributed by atoms with E-state index in [1.807, 2.05) is 59.9 Å². The maximum absolute atomic E-state index is 12.7. The van der Waals surface area contributed by atoms with Crippen LogP contribution in [0, 0.1) is 16.0 Å². The normalized spacial score (nSPS) is 18.9. The van der Waals surface area contributed by atoms with Crippen LogP contribution in [0.2, 0.25) is 0 Å². The van der Waals surface area contributed by atoms with Gasteiger partial charge in [0.2, 0.25) is 0 Å². The molecule has 32 heavy (non-hydrogen) atoms. The second kappa shape index (κ2) is 9.01. The van der Waals surface area contributed by atoms with Gasteiger partial charge in [-0.2, -0.15) is 0 Å². The molecule has 0 aliphatic carbocycles. The number of nitrogens with zero attached hydrogens (tertiary/aromatic N) is 4. The Balaban J connectivity index is 1.26. The molecule has 7 nitrogen and oxygen atoms in total. The fourth-order valence-corrected chi connectivity index (χ4v) is 8.65. The molecule has 1 fully saturated rings. The van der Waals surface area contributed by atoms with E-state index in [-0.39, 0.29) is 20.8 Å². The van der Waals surface area contributed by atoms with E-state index >= 15 is 0 Å². The number of hydrogen-bond donors (Lipinski definition) is 0. The van der Waals surface area contributed by atoms with Gasteiger partial charge in [0, 0.05) is 0 Å². The molecule has 0 N–H and O–H groups in total. The van der Waals surface area contributed by atoms with Gasteiger partial charge in [-0.25, -0.2) is 0 Å². The third-order valence-electron chi connectivity index (χ3n) is 6.33. The molecule has 0 unspecified atom stereocenters. The summed E-state index contributed by atoms with van der Waals surface area (Å²) in [4.78, 5) is 30.9. The van der Waals surface area contributed by atoms with E-state index in [1.165, 1.54) is 5.56 Å². The Morgan fingerprint density at radius 2 is 1.84 bits per heavy atom. The Hall–Kier alpha value is -2.75. The first-order valence-electron chi connectivity index (χ1n) is 10.8. The number of nitro groups is 1. The number of fused-ring (bicyclic) bond motifs is 3. The van der Waals surface area contributed by atoms with Crippen molar-refractivity contribution >= 4 is 5.91 Å². The average molecular weight is 543 g/mol. The summed E-state index contributed by atoms with van der Waals surface area (Å²) in [7, 11) is 0. The Kier molecular flexibility index (Phi) is 5.95. The molecule has 2 aliphatic rings. The molecule has 1 saturated heterocycles. The third-order valence-corrected chi connectivity index (χ3v) is 10.5. The number of imidazole rings is 1. The number of likely N-dealkylation sites (tertiary alicyclic amines) is 1. The number of piperidine rings is 1. The van der Waals surface area contributed by atoms with Crippen LogP contribution in [0.15, 0.2) is 67.1 Å². The van der Waals surface area contributed by atoms with Crippen molar-refractivity contribution in [1.82, 2.24) is 14.5 Å². The van der Waals surface area contributed by atoms with Crippen LogP contribution < -0.4 is 21.2 Å². The van der Waals surface area contributed by atoms with Gasteiger partial charge in [-0.05, 0) is 0 Å². The number of rotatable bonds is 6. The van der Waals surface area contributed by atoms with Gasteiger partial charge in [-0.15, -0.1) is 0 Å². The summed E-state index contributed by atoms with van der Waals surface area (Å²) < 4.78 is 1.62. The molecule has 3 aromatic rings. The topological polar surface area (TPSA) is 81.3 Å². The number of aromatic nitrogens is 2. The molecule has 0 spiro atoms. The minimum absolute atomic E-state index is 0.0123. The monoisotopic (exact) mass is 543 g/mol. The van der Waals surface area contributed by atoms with Crippen LogP contribution in [0.4, 0.5) is 0 Å². The van der Waals surface area contributed by atoms with Crippen LogP contribution in [-0.4, -0.2) is 42.4 Å². The molecule has 1 aromatic heterocycles. The third kappa shape index (κ3) is 4.03. The zero-order valence-electron chi connectivity index (χ0n) is 17.5. The van der Waals surface area contributed by atoms with E-state index in [4.69, 9.17) is 0 Å². The zero-order valence-corrected chi connectivity index (χ0v) is 19.7. The average Bonchev–Trinajstić information content (AvgIpc) is 3.40. The van der Waals surface area contributed by atoms with Gasteiger partial charge in [0.15, 0.2) is 0 Å². The first-order chi connectivity index (χ1) is 15.6. The van der Waals surface area contributed by atoms with Gasteiger partial charge >= 0.3 is 197 Å². The zero-order chi connectivity index (χ0) is 22.1. The van der Waals surface area contributed by atoms with Crippen molar-refractivity contribution in [2.45, 2.75) is 27.4 Å². The van der Waals surface area contributed by atoms with Crippen molar-refractivity contribution in [3.8, 4) is 11.3 Å². The predicted octanol–water partition coefficient (Wildman–Crippen LogP) is 0.584.